The summed E-state index contributed by atoms with van der Waals surface area (Å²) in [7, 11) is 0. The molecule has 1 aromatic heterocycles. The highest BCUT2D eigenvalue weighted by atomic mass is 16.2. The van der Waals surface area contributed by atoms with Crippen LogP contribution in [-0.4, -0.2) is 41.4 Å². The van der Waals surface area contributed by atoms with Crippen molar-refractivity contribution in [1.82, 2.24) is 20.6 Å². The lowest BCUT2D eigenvalue weighted by Crippen LogP contribution is -2.44. The van der Waals surface area contributed by atoms with Crippen LogP contribution in [-0.2, 0) is 9.59 Å². The number of carbonyl (C=O) groups is 2. The van der Waals surface area contributed by atoms with Gasteiger partial charge in [-0.25, -0.2) is 9.97 Å². The van der Waals surface area contributed by atoms with Gasteiger partial charge in [-0.1, -0.05) is 30.3 Å². The van der Waals surface area contributed by atoms with E-state index in [1.165, 1.54) is 6.20 Å². The maximum atomic E-state index is 12.1. The van der Waals surface area contributed by atoms with Crippen molar-refractivity contribution in [2.75, 3.05) is 24.5 Å². The lowest BCUT2D eigenvalue weighted by Gasteiger charge is -2.32. The average Bonchev–Trinajstić information content (AvgIpc) is 2.78. The molecule has 2 amide bonds. The van der Waals surface area contributed by atoms with Crippen LogP contribution in [0.2, 0.25) is 0 Å². The molecular weight excluding hydrogens is 368 g/mol. The summed E-state index contributed by atoms with van der Waals surface area (Å²) in [6, 6.07) is 11.3. The number of nitrogens with zero attached hydrogens (tertiary/aromatic N) is 4. The standard InChI is InChI=1S/C21H24N6O2/c1-15(17-5-3-2-4-6-17)26-21(29)20(28)25-14-16-7-11-27(12-8-16)19-18(13-22)23-9-10-24-19/h2-6,9-10,15-16H,7-8,11-12,14H2,1H3,(H,25,28)(H,26,29)/t15-/m0/s1. The summed E-state index contributed by atoms with van der Waals surface area (Å²) < 4.78 is 0. The number of hydrogen-bond donors (Lipinski definition) is 2. The van der Waals surface area contributed by atoms with Gasteiger partial charge in [0.05, 0.1) is 6.04 Å². The van der Waals surface area contributed by atoms with Crippen molar-refractivity contribution >= 4 is 17.6 Å². The number of hydrogen-bond acceptors (Lipinski definition) is 6. The van der Waals surface area contributed by atoms with Crippen molar-refractivity contribution in [2.45, 2.75) is 25.8 Å². The van der Waals surface area contributed by atoms with Crippen molar-refractivity contribution in [1.29, 1.82) is 5.26 Å². The minimum atomic E-state index is -0.628. The Hall–Kier alpha value is -3.47. The molecule has 2 N–H and O–H groups in total. The van der Waals surface area contributed by atoms with E-state index in [2.05, 4.69) is 26.7 Å². The topological polar surface area (TPSA) is 111 Å². The maximum absolute atomic E-state index is 12.1. The number of aromatic nitrogens is 2. The summed E-state index contributed by atoms with van der Waals surface area (Å²) in [6.07, 6.45) is 4.76. The molecule has 2 heterocycles. The number of amides is 2. The van der Waals surface area contributed by atoms with Crippen LogP contribution in [0.1, 0.15) is 37.1 Å². The first-order valence-corrected chi connectivity index (χ1v) is 9.68. The van der Waals surface area contributed by atoms with E-state index in [-0.39, 0.29) is 12.0 Å². The van der Waals surface area contributed by atoms with Gasteiger partial charge in [0, 0.05) is 32.0 Å². The highest BCUT2D eigenvalue weighted by Gasteiger charge is 2.24. The van der Waals surface area contributed by atoms with Crippen molar-refractivity contribution in [3.05, 3.63) is 54.0 Å². The number of nitrogens with one attached hydrogen (secondary N) is 2. The fourth-order valence-electron chi connectivity index (χ4n) is 3.39. The number of nitriles is 1. The van der Waals surface area contributed by atoms with Gasteiger partial charge in [-0.2, -0.15) is 5.26 Å². The van der Waals surface area contributed by atoms with Gasteiger partial charge in [0.1, 0.15) is 6.07 Å². The Kier molecular flexibility index (Phi) is 6.74. The molecule has 0 unspecified atom stereocenters. The van der Waals surface area contributed by atoms with E-state index < -0.39 is 11.8 Å². The summed E-state index contributed by atoms with van der Waals surface area (Å²) in [5.41, 5.74) is 1.27. The molecule has 1 aliphatic heterocycles. The Morgan fingerprint density at radius 2 is 1.86 bits per heavy atom. The van der Waals surface area contributed by atoms with Gasteiger partial charge in [-0.3, -0.25) is 9.59 Å². The Morgan fingerprint density at radius 1 is 1.17 bits per heavy atom. The van der Waals surface area contributed by atoms with Gasteiger partial charge in [-0.15, -0.1) is 0 Å². The van der Waals surface area contributed by atoms with Crippen LogP contribution < -0.4 is 15.5 Å². The van der Waals surface area contributed by atoms with Gasteiger partial charge >= 0.3 is 11.8 Å². The maximum Gasteiger partial charge on any atom is 0.309 e. The van der Waals surface area contributed by atoms with E-state index in [9.17, 15) is 9.59 Å². The van der Waals surface area contributed by atoms with Crippen LogP contribution in [0, 0.1) is 17.2 Å². The van der Waals surface area contributed by atoms with Crippen LogP contribution in [0.15, 0.2) is 42.7 Å². The molecule has 0 bridgehead atoms. The van der Waals surface area contributed by atoms with Crippen molar-refractivity contribution in [3.63, 3.8) is 0 Å². The Morgan fingerprint density at radius 3 is 2.55 bits per heavy atom. The van der Waals surface area contributed by atoms with Crippen LogP contribution in [0.5, 0.6) is 0 Å². The summed E-state index contributed by atoms with van der Waals surface area (Å²) >= 11 is 0. The van der Waals surface area contributed by atoms with E-state index in [0.717, 1.165) is 31.5 Å². The Labute approximate surface area is 170 Å². The first-order chi connectivity index (χ1) is 14.1. The van der Waals surface area contributed by atoms with Crippen LogP contribution in [0.3, 0.4) is 0 Å². The zero-order chi connectivity index (χ0) is 20.6. The summed E-state index contributed by atoms with van der Waals surface area (Å²) in [6.45, 7) is 3.75. The summed E-state index contributed by atoms with van der Waals surface area (Å²) in [5, 5.41) is 14.6. The van der Waals surface area contributed by atoms with Gasteiger partial charge in [0.15, 0.2) is 11.5 Å². The van der Waals surface area contributed by atoms with E-state index in [4.69, 9.17) is 5.26 Å². The van der Waals surface area contributed by atoms with Gasteiger partial charge in [-0.05, 0) is 31.2 Å². The van der Waals surface area contributed by atoms with E-state index in [0.29, 0.717) is 18.1 Å². The molecule has 2 aromatic rings. The molecule has 0 aliphatic carbocycles. The molecule has 1 fully saturated rings. The Bertz CT molecular complexity index is 888. The lowest BCUT2D eigenvalue weighted by molar-refractivity contribution is -0.139. The molecule has 1 aliphatic rings. The highest BCUT2D eigenvalue weighted by Crippen LogP contribution is 2.22. The van der Waals surface area contributed by atoms with Gasteiger partial charge < -0.3 is 15.5 Å². The van der Waals surface area contributed by atoms with Gasteiger partial charge in [0.2, 0.25) is 0 Å². The predicted molar refractivity (Wildman–Crippen MR) is 108 cm³/mol. The number of rotatable bonds is 5. The third-order valence-corrected chi connectivity index (χ3v) is 5.10. The number of piperidine rings is 1. The Balaban J connectivity index is 1.43. The monoisotopic (exact) mass is 392 g/mol. The van der Waals surface area contributed by atoms with Crippen LogP contribution >= 0.6 is 0 Å². The minimum absolute atomic E-state index is 0.237. The van der Waals surface area contributed by atoms with E-state index >= 15 is 0 Å². The molecule has 1 saturated heterocycles. The molecule has 8 nitrogen and oxygen atoms in total. The summed E-state index contributed by atoms with van der Waals surface area (Å²) in [5.74, 6) is -0.364. The fraction of sp³-hybridized carbons (Fsp3) is 0.381. The molecule has 150 valence electrons. The quantitative estimate of drug-likeness (QED) is 0.747. The van der Waals surface area contributed by atoms with Crippen molar-refractivity contribution < 1.29 is 9.59 Å². The molecule has 0 saturated carbocycles. The second-order valence-corrected chi connectivity index (χ2v) is 7.09. The SMILES string of the molecule is C[C@H](NC(=O)C(=O)NCC1CCN(c2nccnc2C#N)CC1)c1ccccc1. The number of carbonyl (C=O) groups excluding carboxylic acids is 2. The lowest BCUT2D eigenvalue weighted by atomic mass is 9.96. The number of anilines is 1. The molecule has 1 aromatic carbocycles. The van der Waals surface area contributed by atoms with E-state index in [1.807, 2.05) is 42.2 Å². The second kappa shape index (κ2) is 9.64. The zero-order valence-corrected chi connectivity index (χ0v) is 16.3. The van der Waals surface area contributed by atoms with Crippen molar-refractivity contribution in [3.8, 4) is 6.07 Å². The first-order valence-electron chi connectivity index (χ1n) is 9.68. The molecule has 8 heteroatoms. The van der Waals surface area contributed by atoms with Crippen LogP contribution in [0.4, 0.5) is 5.82 Å². The van der Waals surface area contributed by atoms with Gasteiger partial charge in [0.25, 0.3) is 0 Å². The third kappa shape index (κ3) is 5.29. The molecule has 29 heavy (non-hydrogen) atoms. The molecule has 1 atom stereocenters. The molecule has 0 radical (unpaired) electrons. The number of benzene rings is 1. The normalized spacial score (nSPS) is 15.2. The summed E-state index contributed by atoms with van der Waals surface area (Å²) in [4.78, 5) is 34.6. The van der Waals surface area contributed by atoms with Crippen molar-refractivity contribution in [2.24, 2.45) is 5.92 Å². The predicted octanol–water partition coefficient (Wildman–Crippen LogP) is 1.56. The minimum Gasteiger partial charge on any atom is -0.354 e. The molecule has 0 spiro atoms. The van der Waals surface area contributed by atoms with E-state index in [1.54, 1.807) is 6.20 Å². The smallest absolute Gasteiger partial charge is 0.309 e. The third-order valence-electron chi connectivity index (χ3n) is 5.10. The second-order valence-electron chi connectivity index (χ2n) is 7.09. The zero-order valence-electron chi connectivity index (χ0n) is 16.3. The fourth-order valence-corrected chi connectivity index (χ4v) is 3.39. The average molecular weight is 392 g/mol. The molecule has 3 rings (SSSR count). The first kappa shape index (κ1) is 20.3. The molecular formula is C21H24N6O2. The highest BCUT2D eigenvalue weighted by molar-refractivity contribution is 6.35. The van der Waals surface area contributed by atoms with Crippen LogP contribution in [0.25, 0.3) is 0 Å². The largest absolute Gasteiger partial charge is 0.354 e.